The van der Waals surface area contributed by atoms with Crippen LogP contribution in [0.4, 0.5) is 5.82 Å². The molecule has 0 N–H and O–H groups in total. The van der Waals surface area contributed by atoms with Gasteiger partial charge in [-0.3, -0.25) is 4.79 Å². The molecule has 10 heteroatoms. The molecule has 0 atom stereocenters. The zero-order valence-corrected chi connectivity index (χ0v) is 19.6. The first-order valence-corrected chi connectivity index (χ1v) is 11.3. The van der Waals surface area contributed by atoms with Crippen molar-refractivity contribution in [2.45, 2.75) is 27.2 Å². The van der Waals surface area contributed by atoms with Gasteiger partial charge in [-0.2, -0.15) is 19.7 Å². The molecule has 0 spiro atoms. The molecule has 1 amide bonds. The van der Waals surface area contributed by atoms with E-state index in [0.29, 0.717) is 30.3 Å². The van der Waals surface area contributed by atoms with Crippen LogP contribution in [0.5, 0.6) is 0 Å². The minimum absolute atomic E-state index is 0.119. The van der Waals surface area contributed by atoms with E-state index in [9.17, 15) is 4.79 Å². The molecule has 1 aliphatic heterocycles. The van der Waals surface area contributed by atoms with Crippen LogP contribution in [-0.2, 0) is 11.2 Å². The van der Waals surface area contributed by atoms with Crippen LogP contribution >= 0.6 is 11.6 Å². The van der Waals surface area contributed by atoms with Crippen molar-refractivity contribution in [1.82, 2.24) is 34.3 Å². The zero-order chi connectivity index (χ0) is 23.1. The number of nitrogens with zero attached hydrogens (tertiary/aromatic N) is 8. The predicted molar refractivity (Wildman–Crippen MR) is 126 cm³/mol. The van der Waals surface area contributed by atoms with Crippen molar-refractivity contribution in [3.05, 3.63) is 64.3 Å². The number of amides is 1. The number of carbonyl (C=O) groups is 1. The molecule has 5 rings (SSSR count). The molecule has 9 nitrogen and oxygen atoms in total. The summed E-state index contributed by atoms with van der Waals surface area (Å²) in [6, 6.07) is 9.56. The first-order valence-electron chi connectivity index (χ1n) is 10.9. The first-order chi connectivity index (χ1) is 15.9. The third-order valence-corrected chi connectivity index (χ3v) is 6.41. The Morgan fingerprint density at radius 2 is 1.79 bits per heavy atom. The average molecular weight is 465 g/mol. The molecule has 0 saturated carbocycles. The Hall–Kier alpha value is -3.46. The lowest BCUT2D eigenvalue weighted by atomic mass is 10.1. The SMILES string of the molecule is Cc1cc(N2CCN(C(=O)Cc3c(C)nn(-c4ccc(Cl)cc4)c3C)CC2)n2ncnc2n1. The number of benzene rings is 1. The Balaban J connectivity index is 1.28. The van der Waals surface area contributed by atoms with Crippen molar-refractivity contribution in [3.63, 3.8) is 0 Å². The van der Waals surface area contributed by atoms with Gasteiger partial charge in [0.25, 0.3) is 5.78 Å². The average Bonchev–Trinajstić information content (AvgIpc) is 3.39. The maximum Gasteiger partial charge on any atom is 0.254 e. The van der Waals surface area contributed by atoms with E-state index in [-0.39, 0.29) is 5.91 Å². The number of fused-ring (bicyclic) bond motifs is 1. The second-order valence-electron chi connectivity index (χ2n) is 8.31. The highest BCUT2D eigenvalue weighted by molar-refractivity contribution is 6.30. The second-order valence-corrected chi connectivity index (χ2v) is 8.75. The van der Waals surface area contributed by atoms with E-state index in [4.69, 9.17) is 11.6 Å². The minimum Gasteiger partial charge on any atom is -0.353 e. The van der Waals surface area contributed by atoms with Crippen LogP contribution in [0.15, 0.2) is 36.7 Å². The van der Waals surface area contributed by atoms with E-state index in [1.54, 1.807) is 4.52 Å². The van der Waals surface area contributed by atoms with Gasteiger partial charge in [0.05, 0.1) is 17.8 Å². The van der Waals surface area contributed by atoms with Gasteiger partial charge in [-0.05, 0) is 45.0 Å². The fourth-order valence-corrected chi connectivity index (χ4v) is 4.47. The van der Waals surface area contributed by atoms with Gasteiger partial charge < -0.3 is 9.80 Å². The van der Waals surface area contributed by atoms with E-state index < -0.39 is 0 Å². The third kappa shape index (κ3) is 4.04. The molecule has 1 saturated heterocycles. The standard InChI is InChI=1S/C23H25ClN8O/c1-15-12-21(32-23(27-15)25-14-26-32)29-8-10-30(11-9-29)22(33)13-20-16(2)28-31(17(20)3)19-6-4-18(24)5-7-19/h4-7,12,14H,8-11,13H2,1-3H3. The number of carbonyl (C=O) groups excluding carboxylic acids is 1. The van der Waals surface area contributed by atoms with Crippen molar-refractivity contribution in [1.29, 1.82) is 0 Å². The number of piperazine rings is 1. The van der Waals surface area contributed by atoms with Crippen LogP contribution in [0.2, 0.25) is 5.02 Å². The van der Waals surface area contributed by atoms with E-state index in [1.165, 1.54) is 6.33 Å². The number of aryl methyl sites for hydroxylation is 2. The number of hydrogen-bond donors (Lipinski definition) is 0. The molecule has 1 aliphatic rings. The number of aromatic nitrogens is 6. The molecule has 1 aromatic carbocycles. The third-order valence-electron chi connectivity index (χ3n) is 6.16. The summed E-state index contributed by atoms with van der Waals surface area (Å²) in [5.41, 5.74) is 4.65. The lowest BCUT2D eigenvalue weighted by Crippen LogP contribution is -2.49. The number of rotatable bonds is 4. The molecule has 170 valence electrons. The Morgan fingerprint density at radius 1 is 1.06 bits per heavy atom. The summed E-state index contributed by atoms with van der Waals surface area (Å²) >= 11 is 6.02. The van der Waals surface area contributed by atoms with Crippen LogP contribution in [0.25, 0.3) is 11.5 Å². The fourth-order valence-electron chi connectivity index (χ4n) is 4.35. The normalized spacial score (nSPS) is 14.3. The topological polar surface area (TPSA) is 84.5 Å². The monoisotopic (exact) mass is 464 g/mol. The smallest absolute Gasteiger partial charge is 0.254 e. The molecule has 0 bridgehead atoms. The minimum atomic E-state index is 0.119. The van der Waals surface area contributed by atoms with Crippen molar-refractivity contribution in [2.75, 3.05) is 31.1 Å². The largest absolute Gasteiger partial charge is 0.353 e. The molecular formula is C23H25ClN8O. The lowest BCUT2D eigenvalue weighted by Gasteiger charge is -2.36. The Bertz CT molecular complexity index is 1320. The lowest BCUT2D eigenvalue weighted by molar-refractivity contribution is -0.130. The van der Waals surface area contributed by atoms with Gasteiger partial charge in [-0.1, -0.05) is 11.6 Å². The molecular weight excluding hydrogens is 440 g/mol. The number of halogens is 1. The van der Waals surface area contributed by atoms with Crippen LogP contribution in [-0.4, -0.2) is 66.3 Å². The zero-order valence-electron chi connectivity index (χ0n) is 18.9. The first kappa shape index (κ1) is 21.4. The van der Waals surface area contributed by atoms with Gasteiger partial charge in [0, 0.05) is 54.2 Å². The van der Waals surface area contributed by atoms with E-state index in [1.807, 2.05) is 60.7 Å². The van der Waals surface area contributed by atoms with Gasteiger partial charge >= 0.3 is 0 Å². The van der Waals surface area contributed by atoms with Crippen LogP contribution in [0.1, 0.15) is 22.6 Å². The number of hydrogen-bond acceptors (Lipinski definition) is 6. The van der Waals surface area contributed by atoms with Crippen LogP contribution in [0, 0.1) is 20.8 Å². The highest BCUT2D eigenvalue weighted by Gasteiger charge is 2.25. The molecule has 0 aliphatic carbocycles. The van der Waals surface area contributed by atoms with Crippen molar-refractivity contribution < 1.29 is 4.79 Å². The summed E-state index contributed by atoms with van der Waals surface area (Å²) in [6.07, 6.45) is 1.85. The van der Waals surface area contributed by atoms with Gasteiger partial charge in [0.15, 0.2) is 0 Å². The van der Waals surface area contributed by atoms with Gasteiger partial charge in [-0.15, -0.1) is 0 Å². The molecule has 33 heavy (non-hydrogen) atoms. The molecule has 4 aromatic rings. The van der Waals surface area contributed by atoms with Gasteiger partial charge in [-0.25, -0.2) is 9.67 Å². The van der Waals surface area contributed by atoms with E-state index >= 15 is 0 Å². The summed E-state index contributed by atoms with van der Waals surface area (Å²) < 4.78 is 3.63. The Labute approximate surface area is 196 Å². The van der Waals surface area contributed by atoms with Crippen LogP contribution in [0.3, 0.4) is 0 Å². The maximum atomic E-state index is 13.1. The molecule has 4 heterocycles. The molecule has 1 fully saturated rings. The molecule has 0 radical (unpaired) electrons. The highest BCUT2D eigenvalue weighted by Crippen LogP contribution is 2.22. The second kappa shape index (κ2) is 8.47. The summed E-state index contributed by atoms with van der Waals surface area (Å²) in [5, 5.41) is 9.65. The maximum absolute atomic E-state index is 13.1. The fraction of sp³-hybridized carbons (Fsp3) is 0.348. The molecule has 0 unspecified atom stereocenters. The van der Waals surface area contributed by atoms with E-state index in [0.717, 1.165) is 47.2 Å². The Morgan fingerprint density at radius 3 is 2.52 bits per heavy atom. The van der Waals surface area contributed by atoms with Gasteiger partial charge in [0.1, 0.15) is 12.1 Å². The van der Waals surface area contributed by atoms with Crippen molar-refractivity contribution >= 4 is 29.1 Å². The quantitative estimate of drug-likeness (QED) is 0.461. The summed E-state index contributed by atoms with van der Waals surface area (Å²) in [4.78, 5) is 25.9. The van der Waals surface area contributed by atoms with E-state index in [2.05, 4.69) is 25.1 Å². The number of anilines is 1. The summed E-state index contributed by atoms with van der Waals surface area (Å²) in [6.45, 7) is 8.67. The van der Waals surface area contributed by atoms with Gasteiger partial charge in [0.2, 0.25) is 5.91 Å². The van der Waals surface area contributed by atoms with Crippen molar-refractivity contribution in [2.24, 2.45) is 0 Å². The highest BCUT2D eigenvalue weighted by atomic mass is 35.5. The Kier molecular flexibility index (Phi) is 5.49. The molecule has 3 aromatic heterocycles. The predicted octanol–water partition coefficient (Wildman–Crippen LogP) is 2.78. The van der Waals surface area contributed by atoms with Crippen molar-refractivity contribution in [3.8, 4) is 5.69 Å². The van der Waals surface area contributed by atoms with Crippen LogP contribution < -0.4 is 4.90 Å². The summed E-state index contributed by atoms with van der Waals surface area (Å²) in [5.74, 6) is 1.67. The summed E-state index contributed by atoms with van der Waals surface area (Å²) in [7, 11) is 0.